The number of rotatable bonds is 3. The van der Waals surface area contributed by atoms with Crippen LogP contribution < -0.4 is 20.1 Å². The lowest BCUT2D eigenvalue weighted by Crippen LogP contribution is -2.45. The average Bonchev–Trinajstić information content (AvgIpc) is 3.37. The molecule has 0 unspecified atom stereocenters. The monoisotopic (exact) mass is 392 g/mol. The van der Waals surface area contributed by atoms with Gasteiger partial charge in [0.25, 0.3) is 0 Å². The summed E-state index contributed by atoms with van der Waals surface area (Å²) in [7, 11) is 3.27. The van der Waals surface area contributed by atoms with Crippen LogP contribution in [0.3, 0.4) is 0 Å². The maximum atomic E-state index is 13.0. The Morgan fingerprint density at radius 1 is 1.11 bits per heavy atom. The van der Waals surface area contributed by atoms with Crippen LogP contribution >= 0.6 is 11.8 Å². The first-order valence-electron chi connectivity index (χ1n) is 9.09. The Bertz CT molecular complexity index is 1050. The van der Waals surface area contributed by atoms with E-state index in [1.165, 1.54) is 11.8 Å². The van der Waals surface area contributed by atoms with E-state index in [9.17, 15) is 4.79 Å². The zero-order valence-corrected chi connectivity index (χ0v) is 16.4. The molecular weight excluding hydrogens is 372 g/mol. The predicted octanol–water partition coefficient (Wildman–Crippen LogP) is 3.88. The van der Waals surface area contributed by atoms with Gasteiger partial charge >= 0.3 is 0 Å². The van der Waals surface area contributed by atoms with Gasteiger partial charge in [-0.25, -0.2) is 0 Å². The topological polar surface area (TPSA) is 59.6 Å². The predicted molar refractivity (Wildman–Crippen MR) is 111 cm³/mol. The Kier molecular flexibility index (Phi) is 3.74. The number of anilines is 1. The van der Waals surface area contributed by atoms with Crippen LogP contribution in [0.5, 0.6) is 11.5 Å². The van der Waals surface area contributed by atoms with Crippen LogP contribution in [0.2, 0.25) is 0 Å². The summed E-state index contributed by atoms with van der Waals surface area (Å²) < 4.78 is 10.9. The van der Waals surface area contributed by atoms with Crippen molar-refractivity contribution in [2.75, 3.05) is 19.5 Å². The highest BCUT2D eigenvalue weighted by Gasteiger charge is 2.73. The number of hydrogen-bond acceptors (Lipinski definition) is 6. The molecule has 0 amide bonds. The van der Waals surface area contributed by atoms with Gasteiger partial charge in [-0.05, 0) is 36.4 Å². The van der Waals surface area contributed by atoms with Crippen LogP contribution in [-0.4, -0.2) is 24.9 Å². The van der Waals surface area contributed by atoms with E-state index in [1.807, 2.05) is 41.9 Å². The first-order valence-corrected chi connectivity index (χ1v) is 9.97. The molecule has 3 aliphatic rings. The molecular formula is C22H20N2O3S. The molecule has 2 atom stereocenters. The third-order valence-corrected chi connectivity index (χ3v) is 6.79. The molecule has 0 radical (unpaired) electrons. The summed E-state index contributed by atoms with van der Waals surface area (Å²) in [6.07, 6.45) is 4.80. The first-order chi connectivity index (χ1) is 13.6. The van der Waals surface area contributed by atoms with Gasteiger partial charge in [0.2, 0.25) is 5.12 Å². The van der Waals surface area contributed by atoms with Gasteiger partial charge in [0.15, 0.2) is 0 Å². The molecule has 2 aromatic carbocycles. The Labute approximate surface area is 167 Å². The van der Waals surface area contributed by atoms with Gasteiger partial charge < -0.3 is 20.1 Å². The van der Waals surface area contributed by atoms with Gasteiger partial charge in [0.1, 0.15) is 17.0 Å². The number of nitrogens with one attached hydrogen (secondary N) is 2. The van der Waals surface area contributed by atoms with Gasteiger partial charge in [0.05, 0.1) is 25.3 Å². The van der Waals surface area contributed by atoms with Crippen LogP contribution in [0.15, 0.2) is 60.1 Å². The highest BCUT2D eigenvalue weighted by molar-refractivity contribution is 8.16. The van der Waals surface area contributed by atoms with Crippen molar-refractivity contribution in [1.29, 1.82) is 0 Å². The SMILES string of the molecule is COc1ccc(C2=CSC(=O)[C@]3(C[C@]34C=CNc3ccccc34)N2)c(OC)c1. The van der Waals surface area contributed by atoms with E-state index in [-0.39, 0.29) is 10.5 Å². The van der Waals surface area contributed by atoms with Crippen molar-refractivity contribution < 1.29 is 14.3 Å². The fourth-order valence-electron chi connectivity index (χ4n) is 4.35. The number of carbonyl (C=O) groups excluding carboxylic acids is 1. The van der Waals surface area contributed by atoms with Crippen LogP contribution in [0.4, 0.5) is 5.69 Å². The minimum absolute atomic E-state index is 0.144. The van der Waals surface area contributed by atoms with Gasteiger partial charge in [-0.1, -0.05) is 36.0 Å². The zero-order valence-electron chi connectivity index (χ0n) is 15.6. The molecule has 1 fully saturated rings. The molecule has 1 aliphatic carbocycles. The summed E-state index contributed by atoms with van der Waals surface area (Å²) in [5, 5.41) is 8.89. The molecule has 0 aromatic heterocycles. The molecule has 0 bridgehead atoms. The number of benzene rings is 2. The highest BCUT2D eigenvalue weighted by atomic mass is 32.2. The minimum atomic E-state index is -0.651. The molecule has 2 heterocycles. The van der Waals surface area contributed by atoms with E-state index in [1.54, 1.807) is 14.2 Å². The molecule has 5 nitrogen and oxygen atoms in total. The summed E-state index contributed by atoms with van der Waals surface area (Å²) in [4.78, 5) is 13.0. The molecule has 28 heavy (non-hydrogen) atoms. The maximum Gasteiger partial charge on any atom is 0.219 e. The Hall–Kier alpha value is -2.86. The summed E-state index contributed by atoms with van der Waals surface area (Å²) in [6, 6.07) is 13.9. The summed E-state index contributed by atoms with van der Waals surface area (Å²) in [5.41, 5.74) is 3.03. The number of para-hydroxylation sites is 1. The number of fused-ring (bicyclic) bond motifs is 3. The quantitative estimate of drug-likeness (QED) is 0.827. The lowest BCUT2D eigenvalue weighted by molar-refractivity contribution is -0.113. The molecule has 2 spiro atoms. The number of hydrogen-bond donors (Lipinski definition) is 2. The standard InChI is InChI=1S/C22H20N2O3S/c1-26-14-7-8-15(19(11-14)27-2)18-12-28-20(25)22(24-18)13-21(22)9-10-23-17-6-4-3-5-16(17)21/h3-12,23-24H,13H2,1-2H3/t21-,22-/m0/s1. The van der Waals surface area contributed by atoms with Gasteiger partial charge in [-0.15, -0.1) is 0 Å². The van der Waals surface area contributed by atoms with Crippen molar-refractivity contribution in [2.45, 2.75) is 17.4 Å². The molecule has 2 aromatic rings. The summed E-state index contributed by atoms with van der Waals surface area (Å²) >= 11 is 1.26. The molecule has 6 heteroatoms. The highest BCUT2D eigenvalue weighted by Crippen LogP contribution is 2.64. The molecule has 1 saturated carbocycles. The van der Waals surface area contributed by atoms with E-state index < -0.39 is 5.54 Å². The number of thioether (sulfide) groups is 1. The van der Waals surface area contributed by atoms with Crippen LogP contribution in [-0.2, 0) is 10.2 Å². The van der Waals surface area contributed by atoms with Crippen molar-refractivity contribution in [2.24, 2.45) is 0 Å². The fraction of sp³-hybridized carbons (Fsp3) is 0.227. The number of carbonyl (C=O) groups is 1. The average molecular weight is 392 g/mol. The van der Waals surface area contributed by atoms with Crippen molar-refractivity contribution in [3.63, 3.8) is 0 Å². The van der Waals surface area contributed by atoms with Crippen molar-refractivity contribution in [1.82, 2.24) is 5.32 Å². The molecule has 5 rings (SSSR count). The Balaban J connectivity index is 1.55. The van der Waals surface area contributed by atoms with Gasteiger partial charge in [-0.2, -0.15) is 0 Å². The lowest BCUT2D eigenvalue weighted by atomic mass is 9.87. The normalized spacial score (nSPS) is 26.9. The molecule has 2 N–H and O–H groups in total. The number of ether oxygens (including phenoxy) is 2. The molecule has 0 saturated heterocycles. The van der Waals surface area contributed by atoms with Gasteiger partial charge in [0, 0.05) is 22.7 Å². The van der Waals surface area contributed by atoms with Crippen molar-refractivity contribution >= 4 is 28.3 Å². The third kappa shape index (κ3) is 2.24. The Morgan fingerprint density at radius 2 is 1.96 bits per heavy atom. The lowest BCUT2D eigenvalue weighted by Gasteiger charge is -2.32. The van der Waals surface area contributed by atoms with E-state index >= 15 is 0 Å². The van der Waals surface area contributed by atoms with Crippen LogP contribution in [0.25, 0.3) is 5.70 Å². The largest absolute Gasteiger partial charge is 0.497 e. The smallest absolute Gasteiger partial charge is 0.219 e. The second-order valence-electron chi connectivity index (χ2n) is 7.20. The van der Waals surface area contributed by atoms with E-state index in [4.69, 9.17) is 9.47 Å². The van der Waals surface area contributed by atoms with Crippen LogP contribution in [0, 0.1) is 0 Å². The van der Waals surface area contributed by atoms with E-state index in [0.717, 1.165) is 34.7 Å². The number of methoxy groups -OCH3 is 2. The summed E-state index contributed by atoms with van der Waals surface area (Å²) in [6.45, 7) is 0. The van der Waals surface area contributed by atoms with Crippen molar-refractivity contribution in [3.05, 3.63) is 71.3 Å². The zero-order chi connectivity index (χ0) is 19.4. The molecule has 142 valence electrons. The van der Waals surface area contributed by atoms with E-state index in [2.05, 4.69) is 28.8 Å². The minimum Gasteiger partial charge on any atom is -0.497 e. The fourth-order valence-corrected chi connectivity index (χ4v) is 5.26. The summed E-state index contributed by atoms with van der Waals surface area (Å²) in [5.74, 6) is 1.44. The Morgan fingerprint density at radius 3 is 2.79 bits per heavy atom. The van der Waals surface area contributed by atoms with Crippen LogP contribution in [0.1, 0.15) is 17.5 Å². The first kappa shape index (κ1) is 17.3. The third-order valence-electron chi connectivity index (χ3n) is 5.87. The second-order valence-corrected chi connectivity index (χ2v) is 8.05. The van der Waals surface area contributed by atoms with Gasteiger partial charge in [-0.3, -0.25) is 4.79 Å². The van der Waals surface area contributed by atoms with E-state index in [0.29, 0.717) is 5.75 Å². The molecule has 2 aliphatic heterocycles. The van der Waals surface area contributed by atoms with Crippen molar-refractivity contribution in [3.8, 4) is 11.5 Å². The maximum absolute atomic E-state index is 13.0. The second kappa shape index (κ2) is 6.07.